The molecule has 0 saturated carbocycles. The van der Waals surface area contributed by atoms with Gasteiger partial charge in [-0.05, 0) is 34.0 Å². The maximum absolute atomic E-state index is 12.4. The Balaban J connectivity index is 3.22. The summed E-state index contributed by atoms with van der Waals surface area (Å²) in [5, 5.41) is 5.31. The van der Waals surface area contributed by atoms with E-state index in [0.29, 0.717) is 12.5 Å². The van der Waals surface area contributed by atoms with Crippen LogP contribution >= 0.6 is 27.5 Å². The van der Waals surface area contributed by atoms with Crippen LogP contribution in [0.3, 0.4) is 0 Å². The number of hydrogen-bond acceptors (Lipinski definition) is 3. The second-order valence-electron chi connectivity index (χ2n) is 5.01. The number of hydrogen-bond donors (Lipinski definition) is 1. The van der Waals surface area contributed by atoms with Gasteiger partial charge in [0, 0.05) is 18.1 Å². The fourth-order valence-electron chi connectivity index (χ4n) is 1.80. The Morgan fingerprint density at radius 1 is 1.48 bits per heavy atom. The van der Waals surface area contributed by atoms with Crippen LogP contribution in [-0.2, 0) is 10.0 Å². The summed E-state index contributed by atoms with van der Waals surface area (Å²) in [5.41, 5.74) is 0.120. The van der Waals surface area contributed by atoms with Gasteiger partial charge in [-0.25, -0.2) is 13.6 Å². The molecule has 118 valence electrons. The molecule has 1 atom stereocenters. The summed E-state index contributed by atoms with van der Waals surface area (Å²) in [6.45, 7) is 4.63. The molecule has 5 nitrogen and oxygen atoms in total. The largest absolute Gasteiger partial charge is 0.341 e. The molecule has 1 amide bonds. The summed E-state index contributed by atoms with van der Waals surface area (Å²) in [6.07, 6.45) is 0.939. The van der Waals surface area contributed by atoms with Crippen molar-refractivity contribution in [2.45, 2.75) is 25.2 Å². The molecule has 0 aliphatic heterocycles. The number of nitrogens with zero attached hydrogens (tertiary/aromatic N) is 1. The number of sulfonamides is 1. The third-order valence-electron chi connectivity index (χ3n) is 3.19. The van der Waals surface area contributed by atoms with E-state index in [-0.39, 0.29) is 25.9 Å². The maximum atomic E-state index is 12.4. The lowest BCUT2D eigenvalue weighted by Gasteiger charge is -2.21. The molecule has 1 rings (SSSR count). The van der Waals surface area contributed by atoms with Crippen molar-refractivity contribution in [1.29, 1.82) is 0 Å². The van der Waals surface area contributed by atoms with Crippen molar-refractivity contribution < 1.29 is 13.2 Å². The highest BCUT2D eigenvalue weighted by Gasteiger charge is 2.22. The van der Waals surface area contributed by atoms with Crippen molar-refractivity contribution in [2.75, 3.05) is 13.6 Å². The molecule has 0 radical (unpaired) electrons. The number of carbonyl (C=O) groups excluding carboxylic acids is 1. The fraction of sp³-hybridized carbons (Fsp3) is 0.462. The molecule has 21 heavy (non-hydrogen) atoms. The van der Waals surface area contributed by atoms with Gasteiger partial charge in [0.1, 0.15) is 0 Å². The maximum Gasteiger partial charge on any atom is 0.255 e. The normalized spacial score (nSPS) is 13.0. The minimum atomic E-state index is -3.94. The molecule has 2 N–H and O–H groups in total. The number of nitrogens with two attached hydrogens (primary N) is 1. The lowest BCUT2D eigenvalue weighted by atomic mass is 10.1. The molecule has 0 aliphatic carbocycles. The molecule has 0 saturated heterocycles. The van der Waals surface area contributed by atoms with Gasteiger partial charge in [-0.15, -0.1) is 0 Å². The molecule has 0 bridgehead atoms. The Morgan fingerprint density at radius 3 is 2.52 bits per heavy atom. The van der Waals surface area contributed by atoms with Gasteiger partial charge in [0.25, 0.3) is 5.91 Å². The Labute approximate surface area is 138 Å². The molecular formula is C13H18BrClN2O3S. The van der Waals surface area contributed by atoms with E-state index in [1.54, 1.807) is 7.05 Å². The predicted octanol–water partition coefficient (Wildman–Crippen LogP) is 2.87. The van der Waals surface area contributed by atoms with E-state index in [9.17, 15) is 13.2 Å². The summed E-state index contributed by atoms with van der Waals surface area (Å²) in [5.74, 6) is 0.00332. The highest BCUT2D eigenvalue weighted by atomic mass is 79.9. The third-order valence-corrected chi connectivity index (χ3v) is 5.37. The molecular weight excluding hydrogens is 380 g/mol. The number of amides is 1. The van der Waals surface area contributed by atoms with E-state index < -0.39 is 10.0 Å². The number of halogens is 2. The van der Waals surface area contributed by atoms with E-state index in [0.717, 1.165) is 6.42 Å². The first-order valence-corrected chi connectivity index (χ1v) is 9.07. The Kier molecular flexibility index (Phi) is 6.22. The molecule has 8 heteroatoms. The van der Waals surface area contributed by atoms with Crippen LogP contribution in [0.5, 0.6) is 0 Å². The van der Waals surface area contributed by atoms with Crippen LogP contribution in [0.4, 0.5) is 0 Å². The molecule has 0 aromatic heterocycles. The van der Waals surface area contributed by atoms with Crippen molar-refractivity contribution in [3.63, 3.8) is 0 Å². The summed E-state index contributed by atoms with van der Waals surface area (Å²) in [7, 11) is -2.28. The summed E-state index contributed by atoms with van der Waals surface area (Å²) < 4.78 is 23.3. The van der Waals surface area contributed by atoms with Crippen molar-refractivity contribution >= 4 is 43.5 Å². The molecule has 1 aromatic carbocycles. The molecule has 0 heterocycles. The Hall–Kier alpha value is -0.630. The molecule has 0 fully saturated rings. The predicted molar refractivity (Wildman–Crippen MR) is 86.9 cm³/mol. The zero-order valence-corrected chi connectivity index (χ0v) is 15.2. The summed E-state index contributed by atoms with van der Waals surface area (Å²) in [4.78, 5) is 13.8. The summed E-state index contributed by atoms with van der Waals surface area (Å²) >= 11 is 9.13. The summed E-state index contributed by atoms with van der Waals surface area (Å²) in [6, 6.07) is 2.57. The number of primary sulfonamides is 1. The zero-order chi connectivity index (χ0) is 16.4. The van der Waals surface area contributed by atoms with Gasteiger partial charge in [0.05, 0.1) is 15.5 Å². The van der Waals surface area contributed by atoms with Crippen LogP contribution in [0, 0.1) is 5.92 Å². The van der Waals surface area contributed by atoms with Crippen LogP contribution in [0.2, 0.25) is 5.02 Å². The van der Waals surface area contributed by atoms with E-state index in [1.807, 2.05) is 13.8 Å². The SMILES string of the molecule is CCC(C)CN(C)C(=O)c1cc(S(N)(=O)=O)c(Br)cc1Cl. The lowest BCUT2D eigenvalue weighted by molar-refractivity contribution is 0.0775. The Morgan fingerprint density at radius 2 is 2.05 bits per heavy atom. The fourth-order valence-corrected chi connectivity index (χ4v) is 3.81. The number of carbonyl (C=O) groups is 1. The van der Waals surface area contributed by atoms with Crippen LogP contribution in [0.25, 0.3) is 0 Å². The highest BCUT2D eigenvalue weighted by Crippen LogP contribution is 2.29. The van der Waals surface area contributed by atoms with Gasteiger partial charge in [0.2, 0.25) is 10.0 Å². The van der Waals surface area contributed by atoms with Gasteiger partial charge in [0.15, 0.2) is 0 Å². The average Bonchev–Trinajstić information content (AvgIpc) is 2.36. The standard InChI is InChI=1S/C13H18BrClN2O3S/c1-4-8(2)7-17(3)13(18)9-5-12(21(16,19)20)10(14)6-11(9)15/h5-6,8H,4,7H2,1-3H3,(H2,16,19,20). The number of benzene rings is 1. The van der Waals surface area contributed by atoms with Crippen molar-refractivity contribution in [2.24, 2.45) is 11.1 Å². The van der Waals surface area contributed by atoms with Crippen LogP contribution in [0.1, 0.15) is 30.6 Å². The Bertz CT molecular complexity index is 649. The monoisotopic (exact) mass is 396 g/mol. The third kappa shape index (κ3) is 4.67. The van der Waals surface area contributed by atoms with Gasteiger partial charge in [-0.2, -0.15) is 0 Å². The van der Waals surface area contributed by atoms with Gasteiger partial charge in [-0.3, -0.25) is 4.79 Å². The van der Waals surface area contributed by atoms with E-state index in [4.69, 9.17) is 16.7 Å². The van der Waals surface area contributed by atoms with Crippen molar-refractivity contribution in [3.05, 3.63) is 27.2 Å². The quantitative estimate of drug-likeness (QED) is 0.829. The van der Waals surface area contributed by atoms with Gasteiger partial charge < -0.3 is 4.90 Å². The molecule has 0 aliphatic rings. The average molecular weight is 398 g/mol. The van der Waals surface area contributed by atoms with Gasteiger partial charge in [-0.1, -0.05) is 31.9 Å². The molecule has 0 spiro atoms. The first-order chi connectivity index (χ1) is 9.57. The highest BCUT2D eigenvalue weighted by molar-refractivity contribution is 9.10. The zero-order valence-electron chi connectivity index (χ0n) is 12.1. The van der Waals surface area contributed by atoms with Crippen molar-refractivity contribution in [1.82, 2.24) is 4.90 Å². The topological polar surface area (TPSA) is 80.5 Å². The minimum Gasteiger partial charge on any atom is -0.341 e. The van der Waals surface area contributed by atoms with E-state index in [1.165, 1.54) is 17.0 Å². The van der Waals surface area contributed by atoms with E-state index >= 15 is 0 Å². The first-order valence-electron chi connectivity index (χ1n) is 6.35. The van der Waals surface area contributed by atoms with Crippen LogP contribution < -0.4 is 5.14 Å². The van der Waals surface area contributed by atoms with E-state index in [2.05, 4.69) is 15.9 Å². The van der Waals surface area contributed by atoms with Crippen molar-refractivity contribution in [3.8, 4) is 0 Å². The second-order valence-corrected chi connectivity index (χ2v) is 7.80. The van der Waals surface area contributed by atoms with Crippen LogP contribution in [-0.4, -0.2) is 32.8 Å². The lowest BCUT2D eigenvalue weighted by Crippen LogP contribution is -2.31. The van der Waals surface area contributed by atoms with Crippen LogP contribution in [0.15, 0.2) is 21.5 Å². The molecule has 1 aromatic rings. The first kappa shape index (κ1) is 18.4. The number of rotatable bonds is 5. The van der Waals surface area contributed by atoms with Gasteiger partial charge >= 0.3 is 0 Å². The molecule has 1 unspecified atom stereocenters. The smallest absolute Gasteiger partial charge is 0.255 e. The second kappa shape index (κ2) is 7.09. The minimum absolute atomic E-state index is 0.120.